The summed E-state index contributed by atoms with van der Waals surface area (Å²) < 4.78 is 14.2. The fourth-order valence-electron chi connectivity index (χ4n) is 4.03. The van der Waals surface area contributed by atoms with Crippen LogP contribution in [-0.4, -0.2) is 46.7 Å². The number of rotatable bonds is 7. The van der Waals surface area contributed by atoms with E-state index in [1.165, 1.54) is 23.1 Å². The van der Waals surface area contributed by atoms with E-state index >= 15 is 0 Å². The molecule has 1 aromatic carbocycles. The number of nitrogens with zero attached hydrogens (tertiary/aromatic N) is 4. The summed E-state index contributed by atoms with van der Waals surface area (Å²) in [7, 11) is 0. The maximum atomic E-state index is 14.2. The Balaban J connectivity index is 1.98. The Morgan fingerprint density at radius 3 is 2.71 bits per heavy atom. The van der Waals surface area contributed by atoms with Gasteiger partial charge >= 0.3 is 6.03 Å². The number of amides is 3. The average molecular weight is 560 g/mol. The number of carbonyl (C=O) groups is 2. The van der Waals surface area contributed by atoms with Crippen LogP contribution in [0.2, 0.25) is 0 Å². The number of hydrogen-bond donors (Lipinski definition) is 4. The molecule has 1 atom stereocenters. The summed E-state index contributed by atoms with van der Waals surface area (Å²) in [6.07, 6.45) is 9.63. The number of guanidine groups is 1. The van der Waals surface area contributed by atoms with Crippen molar-refractivity contribution in [2.24, 2.45) is 9.98 Å². The van der Waals surface area contributed by atoms with E-state index in [1.807, 2.05) is 45.9 Å². The summed E-state index contributed by atoms with van der Waals surface area (Å²) in [5.74, 6) is -1.02. The Morgan fingerprint density at radius 2 is 2.07 bits per heavy atom. The monoisotopic (exact) mass is 559 g/mol. The number of nitriles is 1. The second-order valence-electron chi connectivity index (χ2n) is 9.63. The predicted molar refractivity (Wildman–Crippen MR) is 156 cm³/mol. The minimum Gasteiger partial charge on any atom is -0.506 e. The molecular formula is C30H34FN7O3. The van der Waals surface area contributed by atoms with Crippen LogP contribution in [-0.2, 0) is 11.3 Å². The summed E-state index contributed by atoms with van der Waals surface area (Å²) >= 11 is 0. The van der Waals surface area contributed by atoms with Crippen LogP contribution in [0.15, 0.2) is 80.9 Å². The van der Waals surface area contributed by atoms with Crippen LogP contribution >= 0.6 is 0 Å². The van der Waals surface area contributed by atoms with Crippen LogP contribution in [0.25, 0.3) is 0 Å². The van der Waals surface area contributed by atoms with Crippen molar-refractivity contribution in [3.05, 3.63) is 93.4 Å². The topological polar surface area (TPSA) is 142 Å². The lowest BCUT2D eigenvalue weighted by Gasteiger charge is -2.26. The molecule has 214 valence electrons. The maximum absolute atomic E-state index is 14.2. The van der Waals surface area contributed by atoms with Crippen molar-refractivity contribution in [2.75, 3.05) is 6.54 Å². The van der Waals surface area contributed by atoms with Gasteiger partial charge in [-0.25, -0.2) is 9.18 Å². The summed E-state index contributed by atoms with van der Waals surface area (Å²) in [5.41, 5.74) is 3.95. The number of aliphatic hydroxyl groups excluding tert-OH is 1. The highest BCUT2D eigenvalue weighted by atomic mass is 19.1. The molecule has 41 heavy (non-hydrogen) atoms. The van der Waals surface area contributed by atoms with Gasteiger partial charge in [0, 0.05) is 24.9 Å². The maximum Gasteiger partial charge on any atom is 0.351 e. The Kier molecular flexibility index (Phi) is 10.4. The highest BCUT2D eigenvalue weighted by molar-refractivity contribution is 6.12. The first kappa shape index (κ1) is 30.6. The number of benzene rings is 1. The molecule has 0 saturated heterocycles. The Bertz CT molecular complexity index is 1480. The molecule has 10 nitrogen and oxygen atoms in total. The predicted octanol–water partition coefficient (Wildman–Crippen LogP) is 4.54. The lowest BCUT2D eigenvalue weighted by Crippen LogP contribution is -2.40. The molecule has 2 aliphatic rings. The molecule has 0 saturated carbocycles. The van der Waals surface area contributed by atoms with Gasteiger partial charge in [0.2, 0.25) is 12.4 Å². The molecule has 1 unspecified atom stereocenters. The standard InChI is InChI=1S/C30H34FN7O3/c1-6-20(5)35-26-12-28(40)27(11-21(26)7-2)36-29(34-17-39)37-30(41)38(24-8-18(3)14-33-15-24)16-23-10-22(13-32)25(31)9-19(23)4/h7-12,15,17,20,33,40H,6,14,16H2,1-5H3,(H2,34,36,37,39,41)/b21-7-,35-26-. The largest absolute Gasteiger partial charge is 0.506 e. The lowest BCUT2D eigenvalue weighted by molar-refractivity contribution is -0.108. The van der Waals surface area contributed by atoms with Crippen LogP contribution in [0.5, 0.6) is 0 Å². The Labute approximate surface area is 239 Å². The number of hydrogen-bond acceptors (Lipinski definition) is 6. The first-order chi connectivity index (χ1) is 19.6. The Morgan fingerprint density at radius 1 is 1.32 bits per heavy atom. The second kappa shape index (κ2) is 13.9. The van der Waals surface area contributed by atoms with E-state index in [2.05, 4.69) is 25.9 Å². The number of halogens is 1. The van der Waals surface area contributed by atoms with Crippen LogP contribution in [0.4, 0.5) is 9.18 Å². The fourth-order valence-corrected chi connectivity index (χ4v) is 4.03. The Hall–Kier alpha value is -4.98. The molecular weight excluding hydrogens is 525 g/mol. The molecule has 1 aliphatic carbocycles. The van der Waals surface area contributed by atoms with E-state index < -0.39 is 11.8 Å². The van der Waals surface area contributed by atoms with E-state index in [-0.39, 0.29) is 35.6 Å². The van der Waals surface area contributed by atoms with Gasteiger partial charge in [0.15, 0.2) is 0 Å². The number of allylic oxidation sites excluding steroid dienone is 5. The number of aryl methyl sites for hydroxylation is 1. The van der Waals surface area contributed by atoms with E-state index in [0.717, 1.165) is 17.6 Å². The van der Waals surface area contributed by atoms with Crippen LogP contribution < -0.4 is 16.0 Å². The van der Waals surface area contributed by atoms with Gasteiger partial charge in [-0.1, -0.05) is 18.6 Å². The molecule has 1 aromatic rings. The van der Waals surface area contributed by atoms with Crippen molar-refractivity contribution in [3.8, 4) is 6.07 Å². The van der Waals surface area contributed by atoms with Gasteiger partial charge in [0.05, 0.1) is 29.2 Å². The zero-order valence-corrected chi connectivity index (χ0v) is 23.7. The molecule has 0 aromatic heterocycles. The molecule has 0 bridgehead atoms. The molecule has 4 N–H and O–H groups in total. The highest BCUT2D eigenvalue weighted by Gasteiger charge is 2.23. The molecule has 1 aliphatic heterocycles. The van der Waals surface area contributed by atoms with E-state index in [0.29, 0.717) is 35.5 Å². The quantitative estimate of drug-likeness (QED) is 0.220. The highest BCUT2D eigenvalue weighted by Crippen LogP contribution is 2.22. The molecule has 3 amide bonds. The van der Waals surface area contributed by atoms with E-state index in [4.69, 9.17) is 0 Å². The summed E-state index contributed by atoms with van der Waals surface area (Å²) in [4.78, 5) is 35.1. The van der Waals surface area contributed by atoms with Crippen molar-refractivity contribution in [3.63, 3.8) is 0 Å². The van der Waals surface area contributed by atoms with Crippen molar-refractivity contribution in [2.45, 2.75) is 53.6 Å². The summed E-state index contributed by atoms with van der Waals surface area (Å²) in [6.45, 7) is 9.97. The van der Waals surface area contributed by atoms with Crippen molar-refractivity contribution >= 4 is 24.1 Å². The molecule has 0 fully saturated rings. The van der Waals surface area contributed by atoms with Crippen LogP contribution in [0.3, 0.4) is 0 Å². The summed E-state index contributed by atoms with van der Waals surface area (Å²) in [6, 6.07) is 3.77. The third kappa shape index (κ3) is 7.79. The first-order valence-electron chi connectivity index (χ1n) is 13.1. The summed E-state index contributed by atoms with van der Waals surface area (Å²) in [5, 5.41) is 28.3. The average Bonchev–Trinajstić information content (AvgIpc) is 2.93. The van der Waals surface area contributed by atoms with Crippen LogP contribution in [0, 0.1) is 24.1 Å². The fraction of sp³-hybridized carbons (Fsp3) is 0.300. The van der Waals surface area contributed by atoms with Gasteiger partial charge in [0.25, 0.3) is 0 Å². The number of urea groups is 1. The third-order valence-electron chi connectivity index (χ3n) is 6.50. The number of carbonyl (C=O) groups excluding carboxylic acids is 2. The number of aliphatic imine (C=N–C) groups is 2. The lowest BCUT2D eigenvalue weighted by atomic mass is 10.0. The van der Waals surface area contributed by atoms with Crippen molar-refractivity contribution < 1.29 is 19.1 Å². The van der Waals surface area contributed by atoms with Gasteiger partial charge < -0.3 is 15.7 Å². The van der Waals surface area contributed by atoms with Gasteiger partial charge in [0.1, 0.15) is 17.6 Å². The minimum absolute atomic E-state index is 0.0270. The molecule has 3 rings (SSSR count). The van der Waals surface area contributed by atoms with E-state index in [1.54, 1.807) is 19.2 Å². The van der Waals surface area contributed by atoms with Gasteiger partial charge in [-0.2, -0.15) is 10.3 Å². The number of nitrogens with one attached hydrogen (secondary N) is 3. The van der Waals surface area contributed by atoms with Crippen molar-refractivity contribution in [1.82, 2.24) is 20.9 Å². The minimum atomic E-state index is -0.756. The number of aliphatic hydroxyl groups is 1. The van der Waals surface area contributed by atoms with Crippen LogP contribution in [0.1, 0.15) is 50.8 Å². The first-order valence-corrected chi connectivity index (χ1v) is 13.1. The molecule has 0 radical (unpaired) electrons. The van der Waals surface area contributed by atoms with E-state index in [9.17, 15) is 24.3 Å². The van der Waals surface area contributed by atoms with Crippen molar-refractivity contribution in [1.29, 1.82) is 5.26 Å². The molecule has 11 heteroatoms. The molecule has 0 spiro atoms. The smallest absolute Gasteiger partial charge is 0.351 e. The van der Waals surface area contributed by atoms with Gasteiger partial charge in [-0.15, -0.1) is 0 Å². The normalized spacial score (nSPS) is 17.8. The zero-order chi connectivity index (χ0) is 30.1. The van der Waals surface area contributed by atoms with Gasteiger partial charge in [-0.3, -0.25) is 20.0 Å². The zero-order valence-electron chi connectivity index (χ0n) is 23.7. The second-order valence-corrected chi connectivity index (χ2v) is 9.63. The van der Waals surface area contributed by atoms with Gasteiger partial charge in [-0.05, 0) is 75.1 Å². The number of dihydropyridines is 1. The third-order valence-corrected chi connectivity index (χ3v) is 6.50. The molecule has 1 heterocycles. The SMILES string of the molecule is C/C=C1/C=C(N/C(=N/C(=O)N(Cc2cc(C#N)c(F)cc2C)C2=CNCC(C)=C2)NC=O)C(O)=C/C1=N/C(C)CC.